The highest BCUT2D eigenvalue weighted by Gasteiger charge is 2.43. The van der Waals surface area contributed by atoms with E-state index in [0.717, 1.165) is 26.2 Å². The van der Waals surface area contributed by atoms with Crippen LogP contribution in [0.25, 0.3) is 0 Å². The zero-order valence-corrected chi connectivity index (χ0v) is 13.8. The van der Waals surface area contributed by atoms with E-state index in [2.05, 4.69) is 35.2 Å². The molecule has 2 fully saturated rings. The van der Waals surface area contributed by atoms with Gasteiger partial charge in [-0.3, -0.25) is 4.90 Å². The average molecular weight is 302 g/mol. The number of hydrogen-bond donors (Lipinski definition) is 0. The van der Waals surface area contributed by atoms with Gasteiger partial charge < -0.3 is 9.64 Å². The molecular formula is C18H26N2O2. The summed E-state index contributed by atoms with van der Waals surface area (Å²) in [4.78, 5) is 16.6. The number of carbonyl (C=O) groups excluding carboxylic acids is 1. The third kappa shape index (κ3) is 3.43. The molecule has 0 saturated carbocycles. The number of carbonyl (C=O) groups is 1. The number of rotatable bonds is 2. The first-order chi connectivity index (χ1) is 10.4. The van der Waals surface area contributed by atoms with Gasteiger partial charge in [0.1, 0.15) is 5.60 Å². The van der Waals surface area contributed by atoms with E-state index >= 15 is 0 Å². The SMILES string of the molecule is CC(C)(C)OC(=O)N1C[C@H]2CCN(Cc3ccccc3)[C@@H]2C1. The first-order valence-corrected chi connectivity index (χ1v) is 8.18. The van der Waals surface area contributed by atoms with Crippen LogP contribution in [0.5, 0.6) is 0 Å². The van der Waals surface area contributed by atoms with Crippen molar-refractivity contribution in [1.29, 1.82) is 0 Å². The van der Waals surface area contributed by atoms with Gasteiger partial charge in [0, 0.05) is 25.7 Å². The molecule has 2 aliphatic rings. The molecular weight excluding hydrogens is 276 g/mol. The molecule has 2 aliphatic heterocycles. The lowest BCUT2D eigenvalue weighted by Crippen LogP contribution is -2.39. The molecule has 0 aliphatic carbocycles. The Hall–Kier alpha value is -1.55. The fourth-order valence-corrected chi connectivity index (χ4v) is 3.54. The van der Waals surface area contributed by atoms with Gasteiger partial charge in [0.05, 0.1) is 0 Å². The van der Waals surface area contributed by atoms with Crippen LogP contribution in [0.4, 0.5) is 4.79 Å². The van der Waals surface area contributed by atoms with E-state index in [1.807, 2.05) is 25.7 Å². The lowest BCUT2D eigenvalue weighted by molar-refractivity contribution is 0.0271. The summed E-state index contributed by atoms with van der Waals surface area (Å²) < 4.78 is 5.51. The second kappa shape index (κ2) is 5.92. The summed E-state index contributed by atoms with van der Waals surface area (Å²) in [7, 11) is 0. The molecule has 22 heavy (non-hydrogen) atoms. The van der Waals surface area contributed by atoms with Crippen molar-refractivity contribution in [2.24, 2.45) is 5.92 Å². The first kappa shape index (κ1) is 15.3. The summed E-state index contributed by atoms with van der Waals surface area (Å²) in [5, 5.41) is 0. The van der Waals surface area contributed by atoms with Crippen molar-refractivity contribution in [2.75, 3.05) is 19.6 Å². The number of likely N-dealkylation sites (tertiary alicyclic amines) is 2. The Bertz CT molecular complexity index is 524. The van der Waals surface area contributed by atoms with Gasteiger partial charge in [0.15, 0.2) is 0 Å². The van der Waals surface area contributed by atoms with E-state index in [0.29, 0.717) is 12.0 Å². The predicted molar refractivity (Wildman–Crippen MR) is 86.6 cm³/mol. The van der Waals surface area contributed by atoms with Crippen molar-refractivity contribution in [2.45, 2.75) is 45.4 Å². The number of nitrogens with zero attached hydrogens (tertiary/aromatic N) is 2. The van der Waals surface area contributed by atoms with E-state index < -0.39 is 5.60 Å². The van der Waals surface area contributed by atoms with Crippen LogP contribution in [-0.2, 0) is 11.3 Å². The number of hydrogen-bond acceptors (Lipinski definition) is 3. The predicted octanol–water partition coefficient (Wildman–Crippen LogP) is 3.13. The largest absolute Gasteiger partial charge is 0.444 e. The second-order valence-electron chi connectivity index (χ2n) is 7.46. The fraction of sp³-hybridized carbons (Fsp3) is 0.611. The highest BCUT2D eigenvalue weighted by atomic mass is 16.6. The minimum atomic E-state index is -0.418. The molecule has 1 amide bonds. The topological polar surface area (TPSA) is 32.8 Å². The molecule has 0 bridgehead atoms. The molecule has 1 aromatic carbocycles. The highest BCUT2D eigenvalue weighted by Crippen LogP contribution is 2.33. The molecule has 120 valence electrons. The maximum Gasteiger partial charge on any atom is 0.410 e. The maximum atomic E-state index is 12.2. The van der Waals surface area contributed by atoms with Gasteiger partial charge in [-0.1, -0.05) is 30.3 Å². The Morgan fingerprint density at radius 2 is 1.95 bits per heavy atom. The molecule has 4 nitrogen and oxygen atoms in total. The molecule has 0 spiro atoms. The molecule has 2 atom stereocenters. The lowest BCUT2D eigenvalue weighted by Gasteiger charge is -2.27. The molecule has 0 N–H and O–H groups in total. The molecule has 2 saturated heterocycles. The van der Waals surface area contributed by atoms with E-state index in [1.165, 1.54) is 12.0 Å². The van der Waals surface area contributed by atoms with E-state index in [1.54, 1.807) is 0 Å². The van der Waals surface area contributed by atoms with Crippen molar-refractivity contribution >= 4 is 6.09 Å². The standard InChI is InChI=1S/C18H26N2O2/c1-18(2,3)22-17(21)20-12-15-9-10-19(16(15)13-20)11-14-7-5-4-6-8-14/h4-8,15-16H,9-13H2,1-3H3/t15-,16-/m1/s1. The number of benzene rings is 1. The highest BCUT2D eigenvalue weighted by molar-refractivity contribution is 5.68. The Kier molecular flexibility index (Phi) is 4.13. The smallest absolute Gasteiger partial charge is 0.410 e. The van der Waals surface area contributed by atoms with Crippen LogP contribution < -0.4 is 0 Å². The van der Waals surface area contributed by atoms with E-state index in [9.17, 15) is 4.79 Å². The van der Waals surface area contributed by atoms with Crippen LogP contribution >= 0.6 is 0 Å². The third-order valence-electron chi connectivity index (χ3n) is 4.54. The normalized spacial score (nSPS) is 25.3. The Balaban J connectivity index is 1.60. The number of amides is 1. The molecule has 0 unspecified atom stereocenters. The zero-order valence-electron chi connectivity index (χ0n) is 13.8. The van der Waals surface area contributed by atoms with Gasteiger partial charge in [0.25, 0.3) is 0 Å². The van der Waals surface area contributed by atoms with Crippen LogP contribution in [0, 0.1) is 5.92 Å². The Labute approximate surface area is 133 Å². The van der Waals surface area contributed by atoms with Crippen molar-refractivity contribution in [3.63, 3.8) is 0 Å². The summed E-state index contributed by atoms with van der Waals surface area (Å²) in [5.41, 5.74) is 0.928. The van der Waals surface area contributed by atoms with Crippen LogP contribution in [0.3, 0.4) is 0 Å². The minimum Gasteiger partial charge on any atom is -0.444 e. The van der Waals surface area contributed by atoms with Crippen molar-refractivity contribution in [3.05, 3.63) is 35.9 Å². The molecule has 2 heterocycles. The fourth-order valence-electron chi connectivity index (χ4n) is 3.54. The van der Waals surface area contributed by atoms with Crippen molar-refractivity contribution < 1.29 is 9.53 Å². The lowest BCUT2D eigenvalue weighted by atomic mass is 10.0. The average Bonchev–Trinajstić information content (AvgIpc) is 3.00. The Morgan fingerprint density at radius 3 is 2.64 bits per heavy atom. The molecule has 0 radical (unpaired) electrons. The molecule has 1 aromatic rings. The van der Waals surface area contributed by atoms with Crippen LogP contribution in [0.2, 0.25) is 0 Å². The van der Waals surface area contributed by atoms with Crippen molar-refractivity contribution in [1.82, 2.24) is 9.80 Å². The van der Waals surface area contributed by atoms with Crippen molar-refractivity contribution in [3.8, 4) is 0 Å². The summed E-state index contributed by atoms with van der Waals surface area (Å²) in [5.74, 6) is 0.594. The van der Waals surface area contributed by atoms with Gasteiger partial charge >= 0.3 is 6.09 Å². The van der Waals surface area contributed by atoms with Crippen LogP contribution in [0.1, 0.15) is 32.8 Å². The second-order valence-corrected chi connectivity index (χ2v) is 7.46. The minimum absolute atomic E-state index is 0.165. The maximum absolute atomic E-state index is 12.2. The zero-order chi connectivity index (χ0) is 15.7. The molecule has 4 heteroatoms. The number of ether oxygens (including phenoxy) is 1. The summed E-state index contributed by atoms with van der Waals surface area (Å²) in [6.45, 7) is 9.50. The first-order valence-electron chi connectivity index (χ1n) is 8.18. The van der Waals surface area contributed by atoms with Crippen LogP contribution in [0.15, 0.2) is 30.3 Å². The van der Waals surface area contributed by atoms with Gasteiger partial charge in [0.2, 0.25) is 0 Å². The van der Waals surface area contributed by atoms with Gasteiger partial charge in [-0.2, -0.15) is 0 Å². The van der Waals surface area contributed by atoms with Crippen LogP contribution in [-0.4, -0.2) is 47.2 Å². The summed E-state index contributed by atoms with van der Waals surface area (Å²) in [6, 6.07) is 11.1. The monoisotopic (exact) mass is 302 g/mol. The van der Waals surface area contributed by atoms with Gasteiger partial charge in [-0.25, -0.2) is 4.79 Å². The molecule has 3 rings (SSSR count). The van der Waals surface area contributed by atoms with E-state index in [-0.39, 0.29) is 6.09 Å². The Morgan fingerprint density at radius 1 is 1.23 bits per heavy atom. The van der Waals surface area contributed by atoms with Gasteiger partial charge in [-0.05, 0) is 45.2 Å². The summed E-state index contributed by atoms with van der Waals surface area (Å²) in [6.07, 6.45) is 1.01. The van der Waals surface area contributed by atoms with Gasteiger partial charge in [-0.15, -0.1) is 0 Å². The number of fused-ring (bicyclic) bond motifs is 1. The van der Waals surface area contributed by atoms with E-state index in [4.69, 9.17) is 4.74 Å². The summed E-state index contributed by atoms with van der Waals surface area (Å²) >= 11 is 0. The molecule has 0 aromatic heterocycles. The third-order valence-corrected chi connectivity index (χ3v) is 4.54. The quantitative estimate of drug-likeness (QED) is 0.841.